The molecule has 1 N–H and O–H groups in total. The molecule has 0 unspecified atom stereocenters. The molecule has 0 bridgehead atoms. The largest absolute Gasteiger partial charge is 0.346 e. The molecule has 0 amide bonds. The highest BCUT2D eigenvalue weighted by Gasteiger charge is 2.13. The van der Waals surface area contributed by atoms with E-state index in [2.05, 4.69) is 36.1 Å². The molecule has 0 spiro atoms. The summed E-state index contributed by atoms with van der Waals surface area (Å²) in [5.41, 5.74) is 2.59. The fraction of sp³-hybridized carbons (Fsp3) is 0.750. The van der Waals surface area contributed by atoms with Gasteiger partial charge < -0.3 is 4.84 Å². The van der Waals surface area contributed by atoms with Crippen LogP contribution in [0.25, 0.3) is 0 Å². The van der Waals surface area contributed by atoms with Crippen LogP contribution in [-0.2, 0) is 9.63 Å². The number of carbonyl (C=O) groups excluding carboxylic acids is 1. The third-order valence-corrected chi connectivity index (χ3v) is 1.19. The minimum Gasteiger partial charge on any atom is -0.346 e. The first kappa shape index (κ1) is 10.9. The normalized spacial score (nSPS) is 12.5. The zero-order valence-electron chi connectivity index (χ0n) is 8.05. The summed E-state index contributed by atoms with van der Waals surface area (Å²) in [6, 6.07) is 0. The molecule has 0 saturated carbocycles. The van der Waals surface area contributed by atoms with Gasteiger partial charge in [0.1, 0.15) is 5.84 Å². The lowest BCUT2D eigenvalue weighted by molar-refractivity contribution is -0.132. The molecule has 4 nitrogen and oxygen atoms in total. The molecule has 4 heteroatoms. The van der Waals surface area contributed by atoms with Crippen LogP contribution in [0.3, 0.4) is 0 Å². The molecule has 0 aromatic carbocycles. The third-order valence-electron chi connectivity index (χ3n) is 1.19. The molecular formula is C8H16N2O2. The van der Waals surface area contributed by atoms with Crippen molar-refractivity contribution in [2.24, 2.45) is 10.4 Å². The van der Waals surface area contributed by atoms with Gasteiger partial charge in [-0.1, -0.05) is 20.8 Å². The maximum atomic E-state index is 9.85. The second-order valence-electron chi connectivity index (χ2n) is 3.72. The summed E-state index contributed by atoms with van der Waals surface area (Å²) in [7, 11) is 1.65. The fourth-order valence-corrected chi connectivity index (χ4v) is 0.755. The predicted molar refractivity (Wildman–Crippen MR) is 47.7 cm³/mol. The Morgan fingerprint density at radius 1 is 1.58 bits per heavy atom. The summed E-state index contributed by atoms with van der Waals surface area (Å²) < 4.78 is 0. The molecule has 12 heavy (non-hydrogen) atoms. The van der Waals surface area contributed by atoms with Crippen LogP contribution >= 0.6 is 0 Å². The molecular weight excluding hydrogens is 156 g/mol. The predicted octanol–water partition coefficient (Wildman–Crippen LogP) is 1.13. The van der Waals surface area contributed by atoms with E-state index < -0.39 is 0 Å². The molecule has 0 atom stereocenters. The zero-order chi connectivity index (χ0) is 9.61. The van der Waals surface area contributed by atoms with Gasteiger partial charge >= 0.3 is 6.47 Å². The molecule has 0 aromatic rings. The Hall–Kier alpha value is -1.06. The molecule has 0 radical (unpaired) electrons. The molecule has 0 aliphatic carbocycles. The van der Waals surface area contributed by atoms with Crippen LogP contribution in [0, 0.1) is 5.41 Å². The van der Waals surface area contributed by atoms with Gasteiger partial charge in [0.2, 0.25) is 0 Å². The minimum atomic E-state index is 0.133. The maximum Gasteiger partial charge on any atom is 0.320 e. The molecule has 70 valence electrons. The Balaban J connectivity index is 3.93. The highest BCUT2D eigenvalue weighted by molar-refractivity contribution is 5.82. The van der Waals surface area contributed by atoms with Crippen molar-refractivity contribution >= 4 is 12.3 Å². The summed E-state index contributed by atoms with van der Waals surface area (Å²) >= 11 is 0. The van der Waals surface area contributed by atoms with Gasteiger partial charge in [-0.25, -0.2) is 5.48 Å². The van der Waals surface area contributed by atoms with Crippen molar-refractivity contribution in [3.05, 3.63) is 0 Å². The van der Waals surface area contributed by atoms with E-state index in [0.29, 0.717) is 12.3 Å². The monoisotopic (exact) mass is 172 g/mol. The number of hydrogen-bond acceptors (Lipinski definition) is 3. The van der Waals surface area contributed by atoms with Crippen LogP contribution in [0.15, 0.2) is 4.99 Å². The van der Waals surface area contributed by atoms with Gasteiger partial charge in [0, 0.05) is 13.5 Å². The lowest BCUT2D eigenvalue weighted by atomic mass is 9.92. The van der Waals surface area contributed by atoms with Crippen molar-refractivity contribution < 1.29 is 9.63 Å². The Morgan fingerprint density at radius 2 is 2.17 bits per heavy atom. The van der Waals surface area contributed by atoms with Crippen molar-refractivity contribution in [2.75, 3.05) is 7.05 Å². The van der Waals surface area contributed by atoms with Gasteiger partial charge in [-0.3, -0.25) is 9.79 Å². The number of nitrogens with one attached hydrogen (secondary N) is 1. The summed E-state index contributed by atoms with van der Waals surface area (Å²) in [6.07, 6.45) is 0.747. The van der Waals surface area contributed by atoms with Gasteiger partial charge in [0.15, 0.2) is 0 Å². The Bertz CT molecular complexity index is 170. The van der Waals surface area contributed by atoms with E-state index in [1.54, 1.807) is 7.05 Å². The molecule has 0 heterocycles. The highest BCUT2D eigenvalue weighted by Crippen LogP contribution is 2.18. The van der Waals surface area contributed by atoms with Crippen LogP contribution in [-0.4, -0.2) is 19.4 Å². The van der Waals surface area contributed by atoms with Crippen molar-refractivity contribution in [3.8, 4) is 0 Å². The Kier molecular flexibility index (Phi) is 4.33. The van der Waals surface area contributed by atoms with Crippen LogP contribution in [0.5, 0.6) is 0 Å². The van der Waals surface area contributed by atoms with Crippen molar-refractivity contribution in [1.82, 2.24) is 5.48 Å². The third kappa shape index (κ3) is 5.70. The molecule has 0 fully saturated rings. The average Bonchev–Trinajstić information content (AvgIpc) is 1.95. The first-order chi connectivity index (χ1) is 5.49. The van der Waals surface area contributed by atoms with Gasteiger partial charge in [-0.05, 0) is 5.41 Å². The topological polar surface area (TPSA) is 50.7 Å². The lowest BCUT2D eigenvalue weighted by Crippen LogP contribution is -2.27. The van der Waals surface area contributed by atoms with E-state index in [4.69, 9.17) is 0 Å². The number of carbonyl (C=O) groups is 1. The summed E-state index contributed by atoms with van der Waals surface area (Å²) in [4.78, 5) is 18.2. The lowest BCUT2D eigenvalue weighted by Gasteiger charge is -2.18. The first-order valence-corrected chi connectivity index (χ1v) is 3.80. The van der Waals surface area contributed by atoms with Crippen molar-refractivity contribution in [2.45, 2.75) is 27.2 Å². The second-order valence-corrected chi connectivity index (χ2v) is 3.72. The maximum absolute atomic E-state index is 9.85. The quantitative estimate of drug-likeness (QED) is 0.300. The van der Waals surface area contributed by atoms with Gasteiger partial charge in [0.05, 0.1) is 0 Å². The molecule has 0 rings (SSSR count). The van der Waals surface area contributed by atoms with Gasteiger partial charge in [0.25, 0.3) is 0 Å². The van der Waals surface area contributed by atoms with E-state index >= 15 is 0 Å². The van der Waals surface area contributed by atoms with E-state index in [1.165, 1.54) is 0 Å². The Labute approximate surface area is 73.0 Å². The Morgan fingerprint density at radius 3 is 2.50 bits per heavy atom. The zero-order valence-corrected chi connectivity index (χ0v) is 8.05. The first-order valence-electron chi connectivity index (χ1n) is 3.80. The van der Waals surface area contributed by atoms with E-state index in [9.17, 15) is 4.79 Å². The van der Waals surface area contributed by atoms with Crippen LogP contribution < -0.4 is 5.48 Å². The number of hydroxylamine groups is 1. The molecule has 0 aliphatic heterocycles. The number of aliphatic imine (C=N–C) groups is 1. The van der Waals surface area contributed by atoms with E-state index in [1.807, 2.05) is 0 Å². The highest BCUT2D eigenvalue weighted by atomic mass is 16.7. The number of hydrogen-bond donors (Lipinski definition) is 1. The van der Waals surface area contributed by atoms with Crippen molar-refractivity contribution in [1.29, 1.82) is 0 Å². The number of rotatable bonds is 3. The molecule has 0 aliphatic rings. The van der Waals surface area contributed by atoms with E-state index in [0.717, 1.165) is 6.42 Å². The SMILES string of the molecule is CN=C(CC(C)(C)C)NOC=O. The van der Waals surface area contributed by atoms with Crippen LogP contribution in [0.1, 0.15) is 27.2 Å². The summed E-state index contributed by atoms with van der Waals surface area (Å²) in [5.74, 6) is 0.676. The minimum absolute atomic E-state index is 0.133. The summed E-state index contributed by atoms with van der Waals surface area (Å²) in [5, 5.41) is 0. The number of amidine groups is 1. The van der Waals surface area contributed by atoms with Crippen LogP contribution in [0.4, 0.5) is 0 Å². The van der Waals surface area contributed by atoms with Gasteiger partial charge in [-0.15, -0.1) is 0 Å². The van der Waals surface area contributed by atoms with Crippen molar-refractivity contribution in [3.63, 3.8) is 0 Å². The smallest absolute Gasteiger partial charge is 0.320 e. The molecule has 0 saturated heterocycles. The fourth-order valence-electron chi connectivity index (χ4n) is 0.755. The summed E-state index contributed by atoms with van der Waals surface area (Å²) in [6.45, 7) is 6.59. The second kappa shape index (κ2) is 4.74. The van der Waals surface area contributed by atoms with Gasteiger partial charge in [-0.2, -0.15) is 0 Å². The van der Waals surface area contributed by atoms with Crippen LogP contribution in [0.2, 0.25) is 0 Å². The standard InChI is InChI=1S/C8H16N2O2/c1-8(2,3)5-7(9-4)10-12-6-11/h6H,5H2,1-4H3,(H,9,10). The molecule has 0 aromatic heterocycles. The number of nitrogens with zero attached hydrogens (tertiary/aromatic N) is 1. The average molecular weight is 172 g/mol. The van der Waals surface area contributed by atoms with E-state index in [-0.39, 0.29) is 5.41 Å².